The van der Waals surface area contributed by atoms with Gasteiger partial charge in [-0.05, 0) is 29.8 Å². The summed E-state index contributed by atoms with van der Waals surface area (Å²) in [4.78, 5) is 59.8. The molecule has 0 saturated heterocycles. The summed E-state index contributed by atoms with van der Waals surface area (Å²) >= 11 is 0. The Morgan fingerprint density at radius 2 is 1.39 bits per heavy atom. The van der Waals surface area contributed by atoms with E-state index in [1.807, 2.05) is 0 Å². The Morgan fingerprint density at radius 1 is 0.696 bits per heavy atom. The predicted molar refractivity (Wildman–Crippen MR) is 157 cm³/mol. The highest BCUT2D eigenvalue weighted by molar-refractivity contribution is 6.03. The van der Waals surface area contributed by atoms with Gasteiger partial charge >= 0.3 is 23.9 Å². The highest BCUT2D eigenvalue weighted by atomic mass is 16.6. The van der Waals surface area contributed by atoms with Crippen LogP contribution in [-0.4, -0.2) is 49.5 Å². The maximum atomic E-state index is 13.3. The quantitative estimate of drug-likeness (QED) is 0.250. The maximum absolute atomic E-state index is 13.3. The van der Waals surface area contributed by atoms with Crippen LogP contribution in [0.2, 0.25) is 0 Å². The van der Waals surface area contributed by atoms with Crippen LogP contribution in [0.1, 0.15) is 67.8 Å². The summed E-state index contributed by atoms with van der Waals surface area (Å²) in [7, 11) is 1.43. The second-order valence-electron chi connectivity index (χ2n) is 10.4. The van der Waals surface area contributed by atoms with E-state index in [9.17, 15) is 24.0 Å². The van der Waals surface area contributed by atoms with Gasteiger partial charge in [-0.3, -0.25) is 24.0 Å². The normalized spacial score (nSPS) is 17.9. The van der Waals surface area contributed by atoms with Gasteiger partial charge in [-0.15, -0.1) is 0 Å². The molecule has 0 fully saturated rings. The van der Waals surface area contributed by atoms with Crippen LogP contribution in [-0.2, 0) is 23.9 Å². The first-order valence-corrected chi connectivity index (χ1v) is 14.1. The summed E-state index contributed by atoms with van der Waals surface area (Å²) in [5.74, 6) is -1.43. The number of esters is 4. The summed E-state index contributed by atoms with van der Waals surface area (Å²) in [6.45, 7) is 4.80. The molecule has 13 nitrogen and oxygen atoms in total. The van der Waals surface area contributed by atoms with Crippen molar-refractivity contribution in [3.8, 4) is 40.2 Å². The Labute approximate surface area is 263 Å². The minimum absolute atomic E-state index is 0.0370. The summed E-state index contributed by atoms with van der Waals surface area (Å²) in [6, 6.07) is 12.6. The van der Waals surface area contributed by atoms with Crippen molar-refractivity contribution in [2.45, 2.75) is 52.4 Å². The summed E-state index contributed by atoms with van der Waals surface area (Å²) in [5, 5.41) is 0. The molecule has 3 aromatic rings. The first-order valence-electron chi connectivity index (χ1n) is 14.1. The van der Waals surface area contributed by atoms with Gasteiger partial charge in [-0.2, -0.15) is 0 Å². The molecule has 2 heterocycles. The van der Waals surface area contributed by atoms with Gasteiger partial charge in [-0.25, -0.2) is 0 Å². The topological polar surface area (TPSA) is 159 Å². The Bertz CT molecular complexity index is 1730. The molecule has 0 saturated carbocycles. The van der Waals surface area contributed by atoms with Crippen molar-refractivity contribution in [1.82, 2.24) is 0 Å². The number of ether oxygens (including phenoxy) is 8. The SMILES string of the molecule is COc1cc([C@H]2Oc3ccc(C4CC(=O)c5c(OC(C)=O)cc(OC(C)=O)cc5O4)cc3O[C@@H]2COC(C)=O)ccc1OC(C)=O. The lowest BCUT2D eigenvalue weighted by Gasteiger charge is -2.35. The van der Waals surface area contributed by atoms with Crippen LogP contribution in [0.15, 0.2) is 48.5 Å². The molecular weight excluding hydrogens is 604 g/mol. The Balaban J connectivity index is 1.45. The molecule has 0 aliphatic carbocycles. The number of carbonyl (C=O) groups is 5. The highest BCUT2D eigenvalue weighted by Gasteiger charge is 2.37. The van der Waals surface area contributed by atoms with Crippen LogP contribution < -0.4 is 33.2 Å². The van der Waals surface area contributed by atoms with Gasteiger partial charge in [0.05, 0.1) is 13.5 Å². The first-order chi connectivity index (χ1) is 21.9. The molecule has 3 atom stereocenters. The highest BCUT2D eigenvalue weighted by Crippen LogP contribution is 2.46. The van der Waals surface area contributed by atoms with Gasteiger partial charge in [-0.1, -0.05) is 12.1 Å². The molecule has 240 valence electrons. The average molecular weight is 635 g/mol. The van der Waals surface area contributed by atoms with Crippen LogP contribution in [0.3, 0.4) is 0 Å². The van der Waals surface area contributed by atoms with Crippen molar-refractivity contribution < 1.29 is 61.9 Å². The molecule has 1 unspecified atom stereocenters. The standard InChI is InChI=1S/C33H30O13/c1-16(34)40-15-31-33(21-7-9-24(42-18(3)36)27(11-21)39-5)46-25-8-6-20(10-28(25)45-31)26-14-23(38)32-29(43-19(4)37)12-22(41-17(2)35)13-30(32)44-26/h6-13,26,31,33H,14-15H2,1-5H3/t26?,31-,33-/m1/s1. The van der Waals surface area contributed by atoms with Crippen LogP contribution in [0.25, 0.3) is 0 Å². The number of benzene rings is 3. The van der Waals surface area contributed by atoms with Gasteiger partial charge in [0.25, 0.3) is 0 Å². The third-order valence-electron chi connectivity index (χ3n) is 6.90. The Kier molecular flexibility index (Phi) is 9.12. The summed E-state index contributed by atoms with van der Waals surface area (Å²) in [5.41, 5.74) is 1.22. The fourth-order valence-electron chi connectivity index (χ4n) is 5.10. The van der Waals surface area contributed by atoms with Crippen LogP contribution in [0, 0.1) is 0 Å². The van der Waals surface area contributed by atoms with Crippen LogP contribution in [0.5, 0.6) is 40.2 Å². The number of methoxy groups -OCH3 is 1. The number of hydrogen-bond acceptors (Lipinski definition) is 13. The van der Waals surface area contributed by atoms with Gasteiger partial charge in [0.15, 0.2) is 41.0 Å². The van der Waals surface area contributed by atoms with E-state index in [0.29, 0.717) is 22.6 Å². The monoisotopic (exact) mass is 634 g/mol. The lowest BCUT2D eigenvalue weighted by Crippen LogP contribution is -2.37. The largest absolute Gasteiger partial charge is 0.493 e. The molecule has 13 heteroatoms. The van der Waals surface area contributed by atoms with Crippen molar-refractivity contribution in [2.24, 2.45) is 0 Å². The first kappa shape index (κ1) is 31.8. The summed E-state index contributed by atoms with van der Waals surface area (Å²) < 4.78 is 45.0. The fourth-order valence-corrected chi connectivity index (χ4v) is 5.10. The fraction of sp³-hybridized carbons (Fsp3) is 0.303. The number of carbonyl (C=O) groups excluding carboxylic acids is 5. The molecule has 5 rings (SSSR count). The molecule has 2 aliphatic heterocycles. The van der Waals surface area contributed by atoms with Crippen molar-refractivity contribution in [3.05, 3.63) is 65.2 Å². The van der Waals surface area contributed by atoms with E-state index in [4.69, 9.17) is 37.9 Å². The maximum Gasteiger partial charge on any atom is 0.308 e. The van der Waals surface area contributed by atoms with Crippen molar-refractivity contribution >= 4 is 29.7 Å². The van der Waals surface area contributed by atoms with E-state index in [0.717, 1.165) is 0 Å². The smallest absolute Gasteiger partial charge is 0.308 e. The van der Waals surface area contributed by atoms with Crippen molar-refractivity contribution in [2.75, 3.05) is 13.7 Å². The lowest BCUT2D eigenvalue weighted by atomic mass is 9.95. The molecule has 46 heavy (non-hydrogen) atoms. The zero-order chi connectivity index (χ0) is 33.1. The minimum atomic E-state index is -0.803. The molecule has 0 N–H and O–H groups in total. The molecule has 3 aromatic carbocycles. The molecule has 0 aromatic heterocycles. The number of Topliss-reactive ketones (excluding diaryl/α,β-unsaturated/α-hetero) is 1. The number of ketones is 1. The van der Waals surface area contributed by atoms with E-state index in [-0.39, 0.29) is 53.1 Å². The van der Waals surface area contributed by atoms with E-state index < -0.39 is 42.2 Å². The molecule has 0 amide bonds. The van der Waals surface area contributed by atoms with E-state index in [1.54, 1.807) is 36.4 Å². The second-order valence-corrected chi connectivity index (χ2v) is 10.4. The van der Waals surface area contributed by atoms with E-state index >= 15 is 0 Å². The van der Waals surface area contributed by atoms with Gasteiger partial charge < -0.3 is 37.9 Å². The van der Waals surface area contributed by atoms with E-state index in [1.165, 1.54) is 46.9 Å². The van der Waals surface area contributed by atoms with Gasteiger partial charge in [0, 0.05) is 45.4 Å². The molecular formula is C33H30O13. The third kappa shape index (κ3) is 7.04. The zero-order valence-electron chi connectivity index (χ0n) is 25.6. The Morgan fingerprint density at radius 3 is 2.07 bits per heavy atom. The van der Waals surface area contributed by atoms with Gasteiger partial charge in [0.1, 0.15) is 35.5 Å². The predicted octanol–water partition coefficient (Wildman–Crippen LogP) is 4.62. The van der Waals surface area contributed by atoms with E-state index in [2.05, 4.69) is 0 Å². The van der Waals surface area contributed by atoms with Crippen LogP contribution >= 0.6 is 0 Å². The number of rotatable bonds is 8. The molecule has 0 radical (unpaired) electrons. The molecule has 0 spiro atoms. The Hall–Kier alpha value is -5.59. The van der Waals surface area contributed by atoms with Crippen LogP contribution in [0.4, 0.5) is 0 Å². The number of fused-ring (bicyclic) bond motifs is 2. The average Bonchev–Trinajstić information content (AvgIpc) is 2.98. The molecule has 2 aliphatic rings. The minimum Gasteiger partial charge on any atom is -0.493 e. The van der Waals surface area contributed by atoms with Gasteiger partial charge in [0.2, 0.25) is 0 Å². The number of hydrogen-bond donors (Lipinski definition) is 0. The summed E-state index contributed by atoms with van der Waals surface area (Å²) in [6.07, 6.45) is -2.43. The third-order valence-corrected chi connectivity index (χ3v) is 6.90. The second kappa shape index (κ2) is 13.2. The zero-order valence-corrected chi connectivity index (χ0v) is 25.6. The lowest BCUT2D eigenvalue weighted by molar-refractivity contribution is -0.146. The van der Waals surface area contributed by atoms with Crippen molar-refractivity contribution in [1.29, 1.82) is 0 Å². The van der Waals surface area contributed by atoms with Crippen molar-refractivity contribution in [3.63, 3.8) is 0 Å². The molecule has 0 bridgehead atoms.